The van der Waals surface area contributed by atoms with Crippen LogP contribution >= 0.6 is 0 Å². The van der Waals surface area contributed by atoms with Crippen molar-refractivity contribution in [1.29, 1.82) is 0 Å². The third-order valence-corrected chi connectivity index (χ3v) is 5.20. The second-order valence-corrected chi connectivity index (χ2v) is 7.65. The number of rotatable bonds is 1. The molecule has 136 valence electrons. The maximum Gasteiger partial charge on any atom is 0.258 e. The standard InChI is InChI=1S/C21H24N2O3/c1-21(2)9-8-16-17(20(25)23-12-10-22(3)11-13-23)18(24)14-6-4-5-7-15(14)19(16)26-21/h4-9,24H,10-13H2,1-3H3. The van der Waals surface area contributed by atoms with E-state index < -0.39 is 5.60 Å². The maximum atomic E-state index is 13.3. The smallest absolute Gasteiger partial charge is 0.258 e. The van der Waals surface area contributed by atoms with Crippen molar-refractivity contribution in [3.63, 3.8) is 0 Å². The number of benzene rings is 2. The molecule has 1 N–H and O–H groups in total. The van der Waals surface area contributed by atoms with Crippen LogP contribution in [0.3, 0.4) is 0 Å². The molecule has 1 fully saturated rings. The van der Waals surface area contributed by atoms with Gasteiger partial charge in [-0.2, -0.15) is 0 Å². The van der Waals surface area contributed by atoms with Gasteiger partial charge in [-0.1, -0.05) is 30.3 Å². The summed E-state index contributed by atoms with van der Waals surface area (Å²) in [4.78, 5) is 17.3. The van der Waals surface area contributed by atoms with E-state index in [-0.39, 0.29) is 11.7 Å². The van der Waals surface area contributed by atoms with E-state index in [1.165, 1.54) is 0 Å². The summed E-state index contributed by atoms with van der Waals surface area (Å²) < 4.78 is 6.21. The van der Waals surface area contributed by atoms with E-state index in [4.69, 9.17) is 4.74 Å². The molecule has 2 aromatic rings. The van der Waals surface area contributed by atoms with Gasteiger partial charge in [0.25, 0.3) is 5.91 Å². The summed E-state index contributed by atoms with van der Waals surface area (Å²) in [6, 6.07) is 7.54. The van der Waals surface area contributed by atoms with E-state index in [2.05, 4.69) is 11.9 Å². The van der Waals surface area contributed by atoms with Gasteiger partial charge in [0.1, 0.15) is 17.1 Å². The highest BCUT2D eigenvalue weighted by molar-refractivity contribution is 6.10. The summed E-state index contributed by atoms with van der Waals surface area (Å²) in [5.74, 6) is 0.574. The number of carbonyl (C=O) groups is 1. The quantitative estimate of drug-likeness (QED) is 0.857. The number of fused-ring (bicyclic) bond motifs is 3. The predicted molar refractivity (Wildman–Crippen MR) is 103 cm³/mol. The summed E-state index contributed by atoms with van der Waals surface area (Å²) in [6.45, 7) is 6.95. The zero-order valence-electron chi connectivity index (χ0n) is 15.5. The largest absolute Gasteiger partial charge is 0.506 e. The number of phenolic OH excluding ortho intramolecular Hbond substituents is 1. The average Bonchev–Trinajstić information content (AvgIpc) is 2.62. The fourth-order valence-electron chi connectivity index (χ4n) is 3.64. The Morgan fingerprint density at radius 3 is 2.46 bits per heavy atom. The van der Waals surface area contributed by atoms with Crippen LogP contribution in [0.5, 0.6) is 11.5 Å². The average molecular weight is 352 g/mol. The number of likely N-dealkylation sites (N-methyl/N-ethyl adjacent to an activating group) is 1. The molecule has 26 heavy (non-hydrogen) atoms. The third kappa shape index (κ3) is 2.72. The van der Waals surface area contributed by atoms with Gasteiger partial charge in [0, 0.05) is 42.5 Å². The van der Waals surface area contributed by atoms with Crippen molar-refractivity contribution >= 4 is 22.8 Å². The van der Waals surface area contributed by atoms with Gasteiger partial charge < -0.3 is 19.6 Å². The first kappa shape index (κ1) is 16.9. The van der Waals surface area contributed by atoms with Crippen LogP contribution in [0.25, 0.3) is 16.8 Å². The van der Waals surface area contributed by atoms with Crippen LogP contribution in [-0.2, 0) is 0 Å². The molecule has 0 saturated carbocycles. The summed E-state index contributed by atoms with van der Waals surface area (Å²) in [5.41, 5.74) is 0.556. The van der Waals surface area contributed by atoms with Crippen LogP contribution < -0.4 is 4.74 Å². The fourth-order valence-corrected chi connectivity index (χ4v) is 3.64. The summed E-state index contributed by atoms with van der Waals surface area (Å²) in [6.07, 6.45) is 3.85. The first-order chi connectivity index (χ1) is 12.4. The molecule has 5 heteroatoms. The zero-order valence-corrected chi connectivity index (χ0v) is 15.5. The van der Waals surface area contributed by atoms with Crippen molar-refractivity contribution < 1.29 is 14.6 Å². The molecule has 0 bridgehead atoms. The normalized spacial score (nSPS) is 19.3. The topological polar surface area (TPSA) is 53.0 Å². The molecule has 2 aliphatic rings. The zero-order chi connectivity index (χ0) is 18.5. The van der Waals surface area contributed by atoms with Crippen molar-refractivity contribution in [3.05, 3.63) is 41.5 Å². The Balaban J connectivity index is 1.90. The second kappa shape index (κ2) is 6.02. The van der Waals surface area contributed by atoms with Gasteiger partial charge in [0.15, 0.2) is 0 Å². The molecule has 0 aliphatic carbocycles. The second-order valence-electron chi connectivity index (χ2n) is 7.65. The fraction of sp³-hybridized carbons (Fsp3) is 0.381. The third-order valence-electron chi connectivity index (χ3n) is 5.20. The first-order valence-corrected chi connectivity index (χ1v) is 9.01. The summed E-state index contributed by atoms with van der Waals surface area (Å²) >= 11 is 0. The molecule has 0 unspecified atom stereocenters. The lowest BCUT2D eigenvalue weighted by Gasteiger charge is -2.34. The maximum absolute atomic E-state index is 13.3. The molecule has 5 nitrogen and oxygen atoms in total. The van der Waals surface area contributed by atoms with Crippen LogP contribution in [0.2, 0.25) is 0 Å². The Bertz CT molecular complexity index is 909. The van der Waals surface area contributed by atoms with Gasteiger partial charge in [-0.3, -0.25) is 4.79 Å². The molecule has 2 aliphatic heterocycles. The Hall–Kier alpha value is -2.53. The number of phenols is 1. The van der Waals surface area contributed by atoms with Crippen LogP contribution in [0.15, 0.2) is 30.3 Å². The lowest BCUT2D eigenvalue weighted by molar-refractivity contribution is 0.0659. The molecule has 4 rings (SSSR count). The monoisotopic (exact) mass is 352 g/mol. The number of aromatic hydroxyl groups is 1. The Morgan fingerprint density at radius 1 is 1.12 bits per heavy atom. The highest BCUT2D eigenvalue weighted by atomic mass is 16.5. The van der Waals surface area contributed by atoms with Gasteiger partial charge in [-0.25, -0.2) is 0 Å². The minimum atomic E-state index is -0.457. The molecule has 0 radical (unpaired) electrons. The first-order valence-electron chi connectivity index (χ1n) is 9.01. The van der Waals surface area contributed by atoms with Gasteiger partial charge in [-0.05, 0) is 27.0 Å². The number of hydrogen-bond acceptors (Lipinski definition) is 4. The molecule has 2 heterocycles. The van der Waals surface area contributed by atoms with Crippen molar-refractivity contribution in [1.82, 2.24) is 9.80 Å². The van der Waals surface area contributed by atoms with Gasteiger partial charge in [-0.15, -0.1) is 0 Å². The molecule has 1 amide bonds. The van der Waals surface area contributed by atoms with E-state index in [9.17, 15) is 9.90 Å². The summed E-state index contributed by atoms with van der Waals surface area (Å²) in [7, 11) is 2.05. The molecule has 0 spiro atoms. The number of ether oxygens (including phenoxy) is 1. The lowest BCUT2D eigenvalue weighted by atomic mass is 9.92. The van der Waals surface area contributed by atoms with Crippen molar-refractivity contribution in [2.75, 3.05) is 33.2 Å². The van der Waals surface area contributed by atoms with E-state index >= 15 is 0 Å². The van der Waals surface area contributed by atoms with E-state index in [0.717, 1.165) is 18.5 Å². The molecule has 0 aromatic heterocycles. The van der Waals surface area contributed by atoms with Crippen molar-refractivity contribution in [2.24, 2.45) is 0 Å². The van der Waals surface area contributed by atoms with Gasteiger partial charge in [0.05, 0.1) is 5.56 Å². The van der Waals surface area contributed by atoms with Crippen LogP contribution in [0.1, 0.15) is 29.8 Å². The van der Waals surface area contributed by atoms with Crippen LogP contribution in [0.4, 0.5) is 0 Å². The number of amides is 1. The SMILES string of the molecule is CN1CCN(C(=O)c2c3c(c4ccccc4c2O)OC(C)(C)C=C3)CC1. The van der Waals surface area contributed by atoms with Crippen LogP contribution in [-0.4, -0.2) is 59.6 Å². The minimum Gasteiger partial charge on any atom is -0.506 e. The number of carbonyl (C=O) groups excluding carboxylic acids is 1. The van der Waals surface area contributed by atoms with Gasteiger partial charge in [0.2, 0.25) is 0 Å². The van der Waals surface area contributed by atoms with Crippen molar-refractivity contribution in [3.8, 4) is 11.5 Å². The Labute approximate surface area is 153 Å². The molecule has 0 atom stereocenters. The van der Waals surface area contributed by atoms with Crippen molar-refractivity contribution in [2.45, 2.75) is 19.4 Å². The Morgan fingerprint density at radius 2 is 1.77 bits per heavy atom. The summed E-state index contributed by atoms with van der Waals surface area (Å²) in [5, 5.41) is 12.4. The Kier molecular flexibility index (Phi) is 3.92. The number of hydrogen-bond donors (Lipinski definition) is 1. The van der Waals surface area contributed by atoms with Crippen LogP contribution in [0, 0.1) is 0 Å². The number of piperazine rings is 1. The number of nitrogens with zero attached hydrogens (tertiary/aromatic N) is 2. The predicted octanol–water partition coefficient (Wildman–Crippen LogP) is 3.12. The molecule has 2 aromatic carbocycles. The molecule has 1 saturated heterocycles. The van der Waals surface area contributed by atoms with Gasteiger partial charge >= 0.3 is 0 Å². The minimum absolute atomic E-state index is 0.0382. The van der Waals surface area contributed by atoms with E-state index in [1.807, 2.05) is 55.2 Å². The lowest BCUT2D eigenvalue weighted by Crippen LogP contribution is -2.47. The molecular formula is C21H24N2O3. The van der Waals surface area contributed by atoms with E-state index in [0.29, 0.717) is 35.4 Å². The molecular weight excluding hydrogens is 328 g/mol. The highest BCUT2D eigenvalue weighted by Crippen LogP contribution is 2.45. The van der Waals surface area contributed by atoms with E-state index in [1.54, 1.807) is 0 Å². The highest BCUT2D eigenvalue weighted by Gasteiger charge is 2.32.